The van der Waals surface area contributed by atoms with Crippen molar-refractivity contribution in [1.29, 1.82) is 0 Å². The van der Waals surface area contributed by atoms with Gasteiger partial charge in [0.05, 0.1) is 9.95 Å². The summed E-state index contributed by atoms with van der Waals surface area (Å²) in [6.07, 6.45) is 0.621. The Bertz CT molecular complexity index is 394. The van der Waals surface area contributed by atoms with Gasteiger partial charge in [-0.1, -0.05) is 31.5 Å². The molecule has 0 radical (unpaired) electrons. The Morgan fingerprint density at radius 3 is 2.50 bits per heavy atom. The van der Waals surface area contributed by atoms with E-state index in [9.17, 15) is 10.1 Å². The fourth-order valence-corrected chi connectivity index (χ4v) is 1.68. The highest BCUT2D eigenvalue weighted by molar-refractivity contribution is 6.31. The fraction of sp³-hybridized carbons (Fsp3) is 0.455. The lowest BCUT2D eigenvalue weighted by atomic mass is 10.0. The molecule has 0 amide bonds. The van der Waals surface area contributed by atoms with Crippen LogP contribution in [0.3, 0.4) is 0 Å². The molecule has 3 nitrogen and oxygen atoms in total. The molecule has 16 heavy (non-hydrogen) atoms. The van der Waals surface area contributed by atoms with E-state index >= 15 is 0 Å². The predicted molar refractivity (Wildman–Crippen MR) is 66.3 cm³/mol. The SMILES string of the molecule is CC(C)C(Cl)Cc1ccc([N+](=O)[O-])cc1Cl. The summed E-state index contributed by atoms with van der Waals surface area (Å²) in [7, 11) is 0. The highest BCUT2D eigenvalue weighted by atomic mass is 35.5. The average Bonchev–Trinajstić information content (AvgIpc) is 2.20. The second-order valence-electron chi connectivity index (χ2n) is 4.00. The van der Waals surface area contributed by atoms with Crippen molar-refractivity contribution in [3.8, 4) is 0 Å². The minimum atomic E-state index is -0.462. The van der Waals surface area contributed by atoms with Crippen molar-refractivity contribution in [2.24, 2.45) is 5.92 Å². The maximum atomic E-state index is 10.5. The molecule has 0 saturated carbocycles. The average molecular weight is 262 g/mol. The topological polar surface area (TPSA) is 43.1 Å². The predicted octanol–water partition coefficient (Wildman–Crippen LogP) is 4.05. The smallest absolute Gasteiger partial charge is 0.258 e. The Hall–Kier alpha value is -0.800. The van der Waals surface area contributed by atoms with Gasteiger partial charge < -0.3 is 0 Å². The zero-order chi connectivity index (χ0) is 12.3. The molecule has 1 aromatic rings. The molecule has 1 rings (SSSR count). The summed E-state index contributed by atoms with van der Waals surface area (Å²) in [5.41, 5.74) is 0.852. The number of nitro groups is 1. The van der Waals surface area contributed by atoms with E-state index < -0.39 is 4.92 Å². The number of non-ortho nitro benzene ring substituents is 1. The van der Waals surface area contributed by atoms with E-state index in [1.54, 1.807) is 6.07 Å². The molecular formula is C11H13Cl2NO2. The van der Waals surface area contributed by atoms with Crippen LogP contribution in [0.2, 0.25) is 5.02 Å². The molecule has 1 atom stereocenters. The monoisotopic (exact) mass is 261 g/mol. The van der Waals surface area contributed by atoms with Gasteiger partial charge in [-0.3, -0.25) is 10.1 Å². The number of hydrogen-bond donors (Lipinski definition) is 0. The van der Waals surface area contributed by atoms with Crippen molar-refractivity contribution in [2.75, 3.05) is 0 Å². The number of benzene rings is 1. The first-order valence-electron chi connectivity index (χ1n) is 4.98. The Labute approximate surface area is 105 Å². The molecule has 0 fully saturated rings. The van der Waals surface area contributed by atoms with Gasteiger partial charge in [0.2, 0.25) is 0 Å². The van der Waals surface area contributed by atoms with Crippen molar-refractivity contribution in [2.45, 2.75) is 25.6 Å². The van der Waals surface area contributed by atoms with Crippen LogP contribution in [0.1, 0.15) is 19.4 Å². The lowest BCUT2D eigenvalue weighted by Gasteiger charge is -2.13. The van der Waals surface area contributed by atoms with Crippen LogP contribution in [0.15, 0.2) is 18.2 Å². The number of rotatable bonds is 4. The third-order valence-electron chi connectivity index (χ3n) is 2.39. The maximum absolute atomic E-state index is 10.5. The molecule has 0 saturated heterocycles. The molecular weight excluding hydrogens is 249 g/mol. The lowest BCUT2D eigenvalue weighted by molar-refractivity contribution is -0.384. The second kappa shape index (κ2) is 5.51. The first kappa shape index (κ1) is 13.3. The fourth-order valence-electron chi connectivity index (χ4n) is 1.26. The summed E-state index contributed by atoms with van der Waals surface area (Å²) in [6.45, 7) is 4.05. The molecule has 0 N–H and O–H groups in total. The molecule has 0 spiro atoms. The maximum Gasteiger partial charge on any atom is 0.270 e. The van der Waals surface area contributed by atoms with Crippen LogP contribution in [0.25, 0.3) is 0 Å². The minimum absolute atomic E-state index is 0.00409. The van der Waals surface area contributed by atoms with Gasteiger partial charge in [0.1, 0.15) is 0 Å². The molecule has 0 bridgehead atoms. The van der Waals surface area contributed by atoms with E-state index in [0.717, 1.165) is 5.56 Å². The minimum Gasteiger partial charge on any atom is -0.258 e. The van der Waals surface area contributed by atoms with E-state index in [1.807, 2.05) is 13.8 Å². The van der Waals surface area contributed by atoms with Crippen LogP contribution in [-0.4, -0.2) is 10.3 Å². The quantitative estimate of drug-likeness (QED) is 0.466. The molecule has 0 aliphatic rings. The highest BCUT2D eigenvalue weighted by Gasteiger charge is 2.14. The first-order chi connectivity index (χ1) is 7.41. The summed E-state index contributed by atoms with van der Waals surface area (Å²) in [5.74, 6) is 0.341. The summed E-state index contributed by atoms with van der Waals surface area (Å²) in [4.78, 5) is 10.1. The standard InChI is InChI=1S/C11H13Cl2NO2/c1-7(2)10(12)5-8-3-4-9(14(15)16)6-11(8)13/h3-4,6-7,10H,5H2,1-2H3. The number of nitrogens with zero attached hydrogens (tertiary/aromatic N) is 1. The van der Waals surface area contributed by atoms with Crippen molar-refractivity contribution in [3.05, 3.63) is 38.9 Å². The van der Waals surface area contributed by atoms with Crippen LogP contribution in [-0.2, 0) is 6.42 Å². The Morgan fingerprint density at radius 1 is 1.44 bits per heavy atom. The van der Waals surface area contributed by atoms with Gasteiger partial charge in [-0.05, 0) is 17.9 Å². The first-order valence-corrected chi connectivity index (χ1v) is 5.80. The molecule has 1 aromatic carbocycles. The normalized spacial score (nSPS) is 12.8. The molecule has 0 aromatic heterocycles. The second-order valence-corrected chi connectivity index (χ2v) is 4.96. The zero-order valence-electron chi connectivity index (χ0n) is 9.11. The van der Waals surface area contributed by atoms with Crippen LogP contribution in [0.4, 0.5) is 5.69 Å². The van der Waals surface area contributed by atoms with Crippen LogP contribution >= 0.6 is 23.2 Å². The molecule has 1 unspecified atom stereocenters. The van der Waals surface area contributed by atoms with Crippen LogP contribution in [0.5, 0.6) is 0 Å². The summed E-state index contributed by atoms with van der Waals surface area (Å²) < 4.78 is 0. The van der Waals surface area contributed by atoms with E-state index in [2.05, 4.69) is 0 Å². The number of hydrogen-bond acceptors (Lipinski definition) is 2. The molecule has 5 heteroatoms. The van der Waals surface area contributed by atoms with Gasteiger partial charge in [-0.25, -0.2) is 0 Å². The number of nitro benzene ring substituents is 1. The van der Waals surface area contributed by atoms with Gasteiger partial charge in [-0.2, -0.15) is 0 Å². The summed E-state index contributed by atoms with van der Waals surface area (Å²) in [6, 6.07) is 4.48. The zero-order valence-corrected chi connectivity index (χ0v) is 10.6. The van der Waals surface area contributed by atoms with Gasteiger partial charge in [0.15, 0.2) is 0 Å². The molecule has 0 aliphatic heterocycles. The van der Waals surface area contributed by atoms with E-state index in [0.29, 0.717) is 17.4 Å². The number of alkyl halides is 1. The third-order valence-corrected chi connectivity index (χ3v) is 3.40. The summed E-state index contributed by atoms with van der Waals surface area (Å²) >= 11 is 12.1. The van der Waals surface area contributed by atoms with Crippen molar-refractivity contribution >= 4 is 28.9 Å². The van der Waals surface area contributed by atoms with Gasteiger partial charge >= 0.3 is 0 Å². The van der Waals surface area contributed by atoms with Crippen molar-refractivity contribution in [1.82, 2.24) is 0 Å². The Kier molecular flexibility index (Phi) is 4.56. The van der Waals surface area contributed by atoms with E-state index in [1.165, 1.54) is 12.1 Å². The van der Waals surface area contributed by atoms with E-state index in [4.69, 9.17) is 23.2 Å². The Balaban J connectivity index is 2.87. The van der Waals surface area contributed by atoms with E-state index in [-0.39, 0.29) is 11.1 Å². The largest absolute Gasteiger partial charge is 0.270 e. The lowest BCUT2D eigenvalue weighted by Crippen LogP contribution is -2.11. The van der Waals surface area contributed by atoms with Crippen molar-refractivity contribution < 1.29 is 4.92 Å². The third kappa shape index (κ3) is 3.35. The molecule has 88 valence electrons. The molecule has 0 heterocycles. The van der Waals surface area contributed by atoms with Crippen LogP contribution < -0.4 is 0 Å². The van der Waals surface area contributed by atoms with Gasteiger partial charge in [0.25, 0.3) is 5.69 Å². The Morgan fingerprint density at radius 2 is 2.06 bits per heavy atom. The van der Waals surface area contributed by atoms with Crippen LogP contribution in [0, 0.1) is 16.0 Å². The summed E-state index contributed by atoms with van der Waals surface area (Å²) in [5, 5.41) is 10.9. The number of halogens is 2. The van der Waals surface area contributed by atoms with Gasteiger partial charge in [0, 0.05) is 17.5 Å². The highest BCUT2D eigenvalue weighted by Crippen LogP contribution is 2.26. The van der Waals surface area contributed by atoms with Gasteiger partial charge in [-0.15, -0.1) is 11.6 Å². The molecule has 0 aliphatic carbocycles. The van der Waals surface area contributed by atoms with Crippen molar-refractivity contribution in [3.63, 3.8) is 0 Å².